The highest BCUT2D eigenvalue weighted by molar-refractivity contribution is 5.84. The number of pyridine rings is 1. The number of ether oxygens (including phenoxy) is 1. The summed E-state index contributed by atoms with van der Waals surface area (Å²) in [5.41, 5.74) is -0.0422. The zero-order valence-corrected chi connectivity index (χ0v) is 20.0. The van der Waals surface area contributed by atoms with Crippen LogP contribution in [-0.4, -0.2) is 34.7 Å². The first-order valence-corrected chi connectivity index (χ1v) is 12.4. The SMILES string of the molecule is O=C(N1CCc2ncc(C(F)(F)F)cc2C1)C12CCCC1CC(NCc1ccccc1OC(F)(F)F)C2. The van der Waals surface area contributed by atoms with Crippen molar-refractivity contribution in [3.63, 3.8) is 0 Å². The third-order valence-electron chi connectivity index (χ3n) is 8.00. The Morgan fingerprint density at radius 2 is 1.97 bits per heavy atom. The van der Waals surface area contributed by atoms with E-state index in [-0.39, 0.29) is 36.7 Å². The van der Waals surface area contributed by atoms with Crippen molar-refractivity contribution in [3.05, 3.63) is 58.9 Å². The van der Waals surface area contributed by atoms with Crippen LogP contribution in [0.25, 0.3) is 0 Å². The number of nitrogens with zero attached hydrogens (tertiary/aromatic N) is 2. The first-order chi connectivity index (χ1) is 17.4. The molecular weight excluding hydrogens is 500 g/mol. The van der Waals surface area contributed by atoms with Gasteiger partial charge in [-0.15, -0.1) is 13.2 Å². The van der Waals surface area contributed by atoms with Gasteiger partial charge in [0, 0.05) is 49.6 Å². The van der Waals surface area contributed by atoms with Gasteiger partial charge in [-0.3, -0.25) is 9.78 Å². The maximum Gasteiger partial charge on any atom is 0.573 e. The molecule has 2 aliphatic carbocycles. The number of hydrogen-bond acceptors (Lipinski definition) is 4. The average Bonchev–Trinajstić information content (AvgIpc) is 3.39. The summed E-state index contributed by atoms with van der Waals surface area (Å²) in [6, 6.07) is 6.98. The standard InChI is InChI=1S/C26H27F6N3O2/c27-25(28,29)19-10-17-15-35(9-7-21(17)34-14-19)23(36)24-8-3-5-18(24)11-20(12-24)33-13-16-4-1-2-6-22(16)37-26(30,31)32/h1-2,4,6,10,14,18,20,33H,3,5,7-9,11-13,15H2. The second-order valence-corrected chi connectivity index (χ2v) is 10.2. The van der Waals surface area contributed by atoms with Crippen LogP contribution in [0, 0.1) is 11.3 Å². The third kappa shape index (κ3) is 5.28. The van der Waals surface area contributed by atoms with Gasteiger partial charge in [0.1, 0.15) is 5.75 Å². The monoisotopic (exact) mass is 527 g/mol. The lowest BCUT2D eigenvalue weighted by molar-refractivity contribution is -0.274. The van der Waals surface area contributed by atoms with E-state index in [1.54, 1.807) is 17.0 Å². The van der Waals surface area contributed by atoms with Gasteiger partial charge in [0.05, 0.1) is 11.0 Å². The molecule has 200 valence electrons. The van der Waals surface area contributed by atoms with Crippen LogP contribution in [0.1, 0.15) is 54.5 Å². The number of amides is 1. The van der Waals surface area contributed by atoms with E-state index in [9.17, 15) is 31.1 Å². The molecule has 5 nitrogen and oxygen atoms in total. The van der Waals surface area contributed by atoms with Gasteiger partial charge in [-0.2, -0.15) is 13.2 Å². The van der Waals surface area contributed by atoms with Crippen molar-refractivity contribution in [2.24, 2.45) is 11.3 Å². The Kier molecular flexibility index (Phi) is 6.62. The van der Waals surface area contributed by atoms with Crippen LogP contribution in [0.4, 0.5) is 26.3 Å². The molecule has 3 atom stereocenters. The van der Waals surface area contributed by atoms with E-state index in [0.29, 0.717) is 42.6 Å². The van der Waals surface area contributed by atoms with Gasteiger partial charge in [-0.05, 0) is 49.3 Å². The molecule has 37 heavy (non-hydrogen) atoms. The fraction of sp³-hybridized carbons (Fsp3) is 0.538. The molecule has 2 saturated carbocycles. The van der Waals surface area contributed by atoms with E-state index in [0.717, 1.165) is 31.5 Å². The molecular formula is C26H27F6N3O2. The number of alkyl halides is 6. The fourth-order valence-electron chi connectivity index (χ4n) is 6.35. The number of carbonyl (C=O) groups is 1. The second-order valence-electron chi connectivity index (χ2n) is 10.2. The second kappa shape index (κ2) is 9.49. The highest BCUT2D eigenvalue weighted by Crippen LogP contribution is 2.55. The summed E-state index contributed by atoms with van der Waals surface area (Å²) in [4.78, 5) is 19.5. The Balaban J connectivity index is 1.28. The van der Waals surface area contributed by atoms with Crippen LogP contribution in [-0.2, 0) is 30.5 Å². The van der Waals surface area contributed by atoms with Gasteiger partial charge < -0.3 is 15.0 Å². The molecule has 1 aliphatic heterocycles. The summed E-state index contributed by atoms with van der Waals surface area (Å²) < 4.78 is 82.0. The molecule has 1 N–H and O–H groups in total. The Morgan fingerprint density at radius 1 is 1.19 bits per heavy atom. The summed E-state index contributed by atoms with van der Waals surface area (Å²) in [5.74, 6) is -0.173. The van der Waals surface area contributed by atoms with Crippen LogP contribution in [0.5, 0.6) is 5.75 Å². The minimum absolute atomic E-state index is 0.0387. The smallest absolute Gasteiger partial charge is 0.405 e. The molecule has 0 spiro atoms. The number of nitrogens with one attached hydrogen (secondary N) is 1. The molecule has 1 amide bonds. The zero-order chi connectivity index (χ0) is 26.4. The largest absolute Gasteiger partial charge is 0.573 e. The van der Waals surface area contributed by atoms with Crippen molar-refractivity contribution < 1.29 is 35.9 Å². The summed E-state index contributed by atoms with van der Waals surface area (Å²) in [6.07, 6.45) is -4.31. The van der Waals surface area contributed by atoms with Crippen molar-refractivity contribution in [1.29, 1.82) is 0 Å². The lowest BCUT2D eigenvalue weighted by atomic mass is 9.78. The molecule has 3 unspecified atom stereocenters. The molecule has 0 bridgehead atoms. The van der Waals surface area contributed by atoms with Crippen LogP contribution < -0.4 is 10.1 Å². The van der Waals surface area contributed by atoms with Crippen LogP contribution >= 0.6 is 0 Å². The van der Waals surface area contributed by atoms with Gasteiger partial charge in [0.25, 0.3) is 0 Å². The van der Waals surface area contributed by atoms with Crippen LogP contribution in [0.15, 0.2) is 36.5 Å². The van der Waals surface area contributed by atoms with Crippen LogP contribution in [0.3, 0.4) is 0 Å². The Hall–Kier alpha value is -2.82. The lowest BCUT2D eigenvalue weighted by Gasteiger charge is -2.37. The Labute approximate surface area is 210 Å². The maximum absolute atomic E-state index is 13.8. The van der Waals surface area contributed by atoms with E-state index < -0.39 is 23.5 Å². The molecule has 2 aromatic rings. The average molecular weight is 528 g/mol. The fourth-order valence-corrected chi connectivity index (χ4v) is 6.35. The first-order valence-electron chi connectivity index (χ1n) is 12.4. The number of halogens is 6. The molecule has 0 saturated heterocycles. The summed E-state index contributed by atoms with van der Waals surface area (Å²) in [6.45, 7) is 0.662. The van der Waals surface area contributed by atoms with Gasteiger partial charge in [0.2, 0.25) is 5.91 Å². The van der Waals surface area contributed by atoms with Crippen molar-refractivity contribution in [3.8, 4) is 5.75 Å². The zero-order valence-electron chi connectivity index (χ0n) is 20.0. The lowest BCUT2D eigenvalue weighted by Crippen LogP contribution is -2.46. The van der Waals surface area contributed by atoms with Crippen molar-refractivity contribution in [2.45, 2.75) is 70.2 Å². The minimum Gasteiger partial charge on any atom is -0.405 e. The number of fused-ring (bicyclic) bond motifs is 2. The molecule has 1 aromatic heterocycles. The quantitative estimate of drug-likeness (QED) is 0.513. The molecule has 1 aromatic carbocycles. The van der Waals surface area contributed by atoms with E-state index in [1.165, 1.54) is 12.1 Å². The van der Waals surface area contributed by atoms with Gasteiger partial charge >= 0.3 is 12.5 Å². The van der Waals surface area contributed by atoms with E-state index in [2.05, 4.69) is 15.0 Å². The van der Waals surface area contributed by atoms with Gasteiger partial charge in [-0.25, -0.2) is 0 Å². The van der Waals surface area contributed by atoms with Gasteiger partial charge in [-0.1, -0.05) is 24.6 Å². The molecule has 2 fully saturated rings. The molecule has 2 heterocycles. The highest BCUT2D eigenvalue weighted by atomic mass is 19.4. The molecule has 11 heteroatoms. The number of carbonyl (C=O) groups excluding carboxylic acids is 1. The topological polar surface area (TPSA) is 54.5 Å². The predicted octanol–water partition coefficient (Wildman–Crippen LogP) is 5.62. The Bertz CT molecular complexity index is 1170. The molecule has 3 aliphatic rings. The van der Waals surface area contributed by atoms with Crippen molar-refractivity contribution >= 4 is 5.91 Å². The van der Waals surface area contributed by atoms with E-state index in [1.807, 2.05) is 0 Å². The maximum atomic E-state index is 13.8. The number of aromatic nitrogens is 1. The summed E-state index contributed by atoms with van der Waals surface area (Å²) >= 11 is 0. The predicted molar refractivity (Wildman–Crippen MR) is 121 cm³/mol. The normalized spacial score (nSPS) is 25.6. The van der Waals surface area contributed by atoms with Crippen molar-refractivity contribution in [2.75, 3.05) is 6.54 Å². The van der Waals surface area contributed by atoms with E-state index >= 15 is 0 Å². The van der Waals surface area contributed by atoms with Crippen LogP contribution in [0.2, 0.25) is 0 Å². The molecule has 0 radical (unpaired) electrons. The number of rotatable bonds is 5. The highest BCUT2D eigenvalue weighted by Gasteiger charge is 2.56. The Morgan fingerprint density at radius 3 is 2.73 bits per heavy atom. The number of para-hydroxylation sites is 1. The third-order valence-corrected chi connectivity index (χ3v) is 8.00. The van der Waals surface area contributed by atoms with E-state index in [4.69, 9.17) is 0 Å². The van der Waals surface area contributed by atoms with Crippen molar-refractivity contribution in [1.82, 2.24) is 15.2 Å². The molecule has 5 rings (SSSR count). The number of benzene rings is 1. The van der Waals surface area contributed by atoms with Gasteiger partial charge in [0.15, 0.2) is 0 Å². The first kappa shape index (κ1) is 25.8. The minimum atomic E-state index is -4.79. The number of hydrogen-bond donors (Lipinski definition) is 1. The summed E-state index contributed by atoms with van der Waals surface area (Å²) in [7, 11) is 0. The summed E-state index contributed by atoms with van der Waals surface area (Å²) in [5, 5.41) is 3.32.